The number of carbonyl (C=O) groups is 1. The molecule has 1 saturated carbocycles. The molecule has 5 nitrogen and oxygen atoms in total. The van der Waals surface area contributed by atoms with Gasteiger partial charge in [0.05, 0.1) is 5.92 Å². The molecule has 1 fully saturated rings. The van der Waals surface area contributed by atoms with Crippen LogP contribution in [0.5, 0.6) is 0 Å². The first-order valence-corrected chi connectivity index (χ1v) is 7.89. The number of nitrogens with zero attached hydrogens (tertiary/aromatic N) is 2. The van der Waals surface area contributed by atoms with Crippen LogP contribution in [-0.2, 0) is 4.79 Å². The predicted molar refractivity (Wildman–Crippen MR) is 84.0 cm³/mol. The molecule has 1 aromatic rings. The number of amides is 1. The molecule has 0 spiro atoms. The summed E-state index contributed by atoms with van der Waals surface area (Å²) in [4.78, 5) is 20.7. The van der Waals surface area contributed by atoms with Crippen LogP contribution in [-0.4, -0.2) is 21.9 Å². The zero-order chi connectivity index (χ0) is 15.4. The highest BCUT2D eigenvalue weighted by Crippen LogP contribution is 2.26. The van der Waals surface area contributed by atoms with Gasteiger partial charge in [0.15, 0.2) is 0 Å². The third kappa shape index (κ3) is 4.16. The average molecular weight is 290 g/mol. The lowest BCUT2D eigenvalue weighted by Crippen LogP contribution is -2.38. The number of nitrogens with two attached hydrogens (primary N) is 1. The zero-order valence-corrected chi connectivity index (χ0v) is 13.2. The molecule has 1 heterocycles. The average Bonchev–Trinajstić information content (AvgIpc) is 2.63. The highest BCUT2D eigenvalue weighted by molar-refractivity contribution is 5.78. The Hall–Kier alpha value is -1.65. The second-order valence-electron chi connectivity index (χ2n) is 6.31. The fourth-order valence-corrected chi connectivity index (χ4v) is 2.93. The number of rotatable bonds is 4. The van der Waals surface area contributed by atoms with Gasteiger partial charge < -0.3 is 11.1 Å². The van der Waals surface area contributed by atoms with Gasteiger partial charge >= 0.3 is 0 Å². The van der Waals surface area contributed by atoms with Crippen LogP contribution in [0.3, 0.4) is 0 Å². The van der Waals surface area contributed by atoms with Crippen LogP contribution in [0.2, 0.25) is 0 Å². The van der Waals surface area contributed by atoms with Crippen LogP contribution in [0, 0.1) is 12.8 Å². The maximum absolute atomic E-state index is 11.7. The molecule has 1 aliphatic carbocycles. The van der Waals surface area contributed by atoms with E-state index in [2.05, 4.69) is 29.1 Å². The minimum Gasteiger partial charge on any atom is -0.369 e. The molecule has 0 aromatic carbocycles. The number of nitrogens with one attached hydrogen (secondary N) is 1. The standard InChI is InChI=1S/C16H26N4O/c1-10(2)16-18-11(3)9-14(20-16)19-13-8-6-4-5-7-12(13)15(17)21/h9-10,12-13H,4-8H2,1-3H3,(H2,17,21)(H,18,19,20). The number of anilines is 1. The van der Waals surface area contributed by atoms with Crippen molar-refractivity contribution in [3.05, 3.63) is 17.6 Å². The summed E-state index contributed by atoms with van der Waals surface area (Å²) in [7, 11) is 0. The quantitative estimate of drug-likeness (QED) is 0.835. The Morgan fingerprint density at radius 1 is 1.29 bits per heavy atom. The molecule has 2 rings (SSSR count). The third-order valence-corrected chi connectivity index (χ3v) is 4.10. The van der Waals surface area contributed by atoms with Gasteiger partial charge in [-0.05, 0) is 19.8 Å². The van der Waals surface area contributed by atoms with Crippen molar-refractivity contribution in [1.29, 1.82) is 0 Å². The molecule has 0 radical (unpaired) electrons. The lowest BCUT2D eigenvalue weighted by molar-refractivity contribution is -0.122. The SMILES string of the molecule is Cc1cc(NC2CCCCCC2C(N)=O)nc(C(C)C)n1. The Bertz CT molecular complexity index is 501. The first kappa shape index (κ1) is 15.7. The molecule has 116 valence electrons. The van der Waals surface area contributed by atoms with Crippen molar-refractivity contribution in [1.82, 2.24) is 9.97 Å². The van der Waals surface area contributed by atoms with Crippen molar-refractivity contribution >= 4 is 11.7 Å². The molecule has 1 aromatic heterocycles. The predicted octanol–water partition coefficient (Wildman–Crippen LogP) is 2.75. The summed E-state index contributed by atoms with van der Waals surface area (Å²) < 4.78 is 0. The fourth-order valence-electron chi connectivity index (χ4n) is 2.93. The largest absolute Gasteiger partial charge is 0.369 e. The van der Waals surface area contributed by atoms with E-state index in [4.69, 9.17) is 5.73 Å². The second-order valence-corrected chi connectivity index (χ2v) is 6.31. The van der Waals surface area contributed by atoms with E-state index in [9.17, 15) is 4.79 Å². The van der Waals surface area contributed by atoms with Gasteiger partial charge in [0.25, 0.3) is 0 Å². The lowest BCUT2D eigenvalue weighted by Gasteiger charge is -2.24. The van der Waals surface area contributed by atoms with Crippen molar-refractivity contribution in [2.45, 2.75) is 64.8 Å². The van der Waals surface area contributed by atoms with E-state index in [0.717, 1.165) is 43.0 Å². The van der Waals surface area contributed by atoms with Gasteiger partial charge in [0, 0.05) is 23.7 Å². The number of primary amides is 1. The topological polar surface area (TPSA) is 80.9 Å². The molecular weight excluding hydrogens is 264 g/mol. The summed E-state index contributed by atoms with van der Waals surface area (Å²) in [6.45, 7) is 6.13. The molecule has 3 N–H and O–H groups in total. The molecule has 1 amide bonds. The minimum absolute atomic E-state index is 0.0827. The van der Waals surface area contributed by atoms with Gasteiger partial charge in [-0.25, -0.2) is 9.97 Å². The Morgan fingerprint density at radius 3 is 2.67 bits per heavy atom. The van der Waals surface area contributed by atoms with E-state index in [1.807, 2.05) is 13.0 Å². The van der Waals surface area contributed by atoms with Crippen molar-refractivity contribution in [2.75, 3.05) is 5.32 Å². The van der Waals surface area contributed by atoms with Crippen LogP contribution in [0.15, 0.2) is 6.07 Å². The maximum atomic E-state index is 11.7. The van der Waals surface area contributed by atoms with Crippen molar-refractivity contribution in [2.24, 2.45) is 11.7 Å². The Labute approximate surface area is 126 Å². The summed E-state index contributed by atoms with van der Waals surface area (Å²) >= 11 is 0. The highest BCUT2D eigenvalue weighted by atomic mass is 16.1. The zero-order valence-electron chi connectivity index (χ0n) is 13.2. The summed E-state index contributed by atoms with van der Waals surface area (Å²) in [6, 6.07) is 2.02. The molecule has 1 aliphatic rings. The molecule has 0 saturated heterocycles. The van der Waals surface area contributed by atoms with Gasteiger partial charge in [0.2, 0.25) is 5.91 Å². The lowest BCUT2D eigenvalue weighted by atomic mass is 9.94. The molecule has 21 heavy (non-hydrogen) atoms. The maximum Gasteiger partial charge on any atom is 0.222 e. The molecule has 0 bridgehead atoms. The first-order chi connectivity index (χ1) is 9.97. The van der Waals surface area contributed by atoms with Gasteiger partial charge in [-0.2, -0.15) is 0 Å². The monoisotopic (exact) mass is 290 g/mol. The van der Waals surface area contributed by atoms with E-state index in [1.54, 1.807) is 0 Å². The van der Waals surface area contributed by atoms with Crippen LogP contribution in [0.1, 0.15) is 63.4 Å². The van der Waals surface area contributed by atoms with E-state index >= 15 is 0 Å². The van der Waals surface area contributed by atoms with Gasteiger partial charge in [-0.3, -0.25) is 4.79 Å². The first-order valence-electron chi connectivity index (χ1n) is 7.89. The van der Waals surface area contributed by atoms with E-state index in [1.165, 1.54) is 6.42 Å². The Morgan fingerprint density at radius 2 is 2.00 bits per heavy atom. The van der Waals surface area contributed by atoms with Crippen molar-refractivity contribution < 1.29 is 4.79 Å². The summed E-state index contributed by atoms with van der Waals surface area (Å²) in [5, 5.41) is 3.44. The third-order valence-electron chi connectivity index (χ3n) is 4.10. The molecule has 2 atom stereocenters. The van der Waals surface area contributed by atoms with Gasteiger partial charge in [-0.1, -0.05) is 33.1 Å². The van der Waals surface area contributed by atoms with Crippen molar-refractivity contribution in [3.63, 3.8) is 0 Å². The smallest absolute Gasteiger partial charge is 0.222 e. The Balaban J connectivity index is 2.20. The number of hydrogen-bond acceptors (Lipinski definition) is 4. The van der Waals surface area contributed by atoms with Crippen molar-refractivity contribution in [3.8, 4) is 0 Å². The van der Waals surface area contributed by atoms with Crippen LogP contribution in [0.4, 0.5) is 5.82 Å². The van der Waals surface area contributed by atoms with Crippen LogP contribution < -0.4 is 11.1 Å². The molecule has 0 aliphatic heterocycles. The van der Waals surface area contributed by atoms with Crippen LogP contribution >= 0.6 is 0 Å². The summed E-state index contributed by atoms with van der Waals surface area (Å²) in [6.07, 6.45) is 5.21. The van der Waals surface area contributed by atoms with Crippen LogP contribution in [0.25, 0.3) is 0 Å². The molecular formula is C16H26N4O. The van der Waals surface area contributed by atoms with Gasteiger partial charge in [-0.15, -0.1) is 0 Å². The molecule has 2 unspecified atom stereocenters. The number of carbonyl (C=O) groups excluding carboxylic acids is 1. The summed E-state index contributed by atoms with van der Waals surface area (Å²) in [5.41, 5.74) is 6.52. The summed E-state index contributed by atoms with van der Waals surface area (Å²) in [5.74, 6) is 1.62. The van der Waals surface area contributed by atoms with E-state index in [-0.39, 0.29) is 23.8 Å². The highest BCUT2D eigenvalue weighted by Gasteiger charge is 2.28. The molecule has 5 heteroatoms. The fraction of sp³-hybridized carbons (Fsp3) is 0.688. The number of aromatic nitrogens is 2. The number of hydrogen-bond donors (Lipinski definition) is 2. The normalized spacial score (nSPS) is 22.9. The van der Waals surface area contributed by atoms with E-state index in [0.29, 0.717) is 0 Å². The second kappa shape index (κ2) is 6.87. The number of aryl methyl sites for hydroxylation is 1. The Kier molecular flexibility index (Phi) is 5.15. The van der Waals surface area contributed by atoms with E-state index < -0.39 is 0 Å². The minimum atomic E-state index is -0.204. The van der Waals surface area contributed by atoms with Gasteiger partial charge in [0.1, 0.15) is 11.6 Å².